The van der Waals surface area contributed by atoms with E-state index in [4.69, 9.17) is 0 Å². The minimum absolute atomic E-state index is 0.337. The number of nitrogens with zero attached hydrogens (tertiary/aromatic N) is 3. The summed E-state index contributed by atoms with van der Waals surface area (Å²) in [4.78, 5) is 10.7. The SMILES string of the molecule is CCN(CC)c1nc(C)cc(Nc2cccc(C(F)(F)F)c2)n1. The maximum absolute atomic E-state index is 12.8. The van der Waals surface area contributed by atoms with Crippen molar-refractivity contribution in [2.45, 2.75) is 26.9 Å². The van der Waals surface area contributed by atoms with E-state index in [-0.39, 0.29) is 0 Å². The van der Waals surface area contributed by atoms with Crippen molar-refractivity contribution in [2.75, 3.05) is 23.3 Å². The molecule has 0 aliphatic heterocycles. The van der Waals surface area contributed by atoms with Crippen LogP contribution in [0.4, 0.5) is 30.6 Å². The molecule has 2 aromatic rings. The third-order valence-electron chi connectivity index (χ3n) is 3.35. The summed E-state index contributed by atoms with van der Waals surface area (Å²) in [5.41, 5.74) is 0.386. The molecule has 0 aliphatic rings. The van der Waals surface area contributed by atoms with Crippen molar-refractivity contribution in [3.63, 3.8) is 0 Å². The molecule has 0 amide bonds. The second kappa shape index (κ2) is 6.85. The summed E-state index contributed by atoms with van der Waals surface area (Å²) in [6.45, 7) is 7.32. The van der Waals surface area contributed by atoms with Crippen LogP contribution in [0.15, 0.2) is 30.3 Å². The zero-order valence-corrected chi connectivity index (χ0v) is 13.3. The average molecular weight is 324 g/mol. The molecule has 23 heavy (non-hydrogen) atoms. The van der Waals surface area contributed by atoms with Gasteiger partial charge in [-0.25, -0.2) is 4.98 Å². The predicted octanol–water partition coefficient (Wildman–Crippen LogP) is 4.39. The zero-order chi connectivity index (χ0) is 17.0. The monoisotopic (exact) mass is 324 g/mol. The minimum atomic E-state index is -4.37. The maximum Gasteiger partial charge on any atom is 0.416 e. The first-order valence-corrected chi connectivity index (χ1v) is 7.38. The zero-order valence-electron chi connectivity index (χ0n) is 13.3. The van der Waals surface area contributed by atoms with E-state index in [0.29, 0.717) is 17.5 Å². The largest absolute Gasteiger partial charge is 0.416 e. The number of nitrogens with one attached hydrogen (secondary N) is 1. The molecule has 4 nitrogen and oxygen atoms in total. The van der Waals surface area contributed by atoms with Crippen LogP contribution in [0.5, 0.6) is 0 Å². The third kappa shape index (κ3) is 4.34. The second-order valence-corrected chi connectivity index (χ2v) is 5.07. The van der Waals surface area contributed by atoms with E-state index >= 15 is 0 Å². The van der Waals surface area contributed by atoms with Gasteiger partial charge in [-0.05, 0) is 39.0 Å². The molecular weight excluding hydrogens is 305 g/mol. The first kappa shape index (κ1) is 17.1. The Bertz CT molecular complexity index is 667. The highest BCUT2D eigenvalue weighted by atomic mass is 19.4. The number of aromatic nitrogens is 2. The molecule has 0 fully saturated rings. The van der Waals surface area contributed by atoms with E-state index in [9.17, 15) is 13.2 Å². The lowest BCUT2D eigenvalue weighted by Gasteiger charge is -2.19. The van der Waals surface area contributed by atoms with Gasteiger partial charge < -0.3 is 10.2 Å². The van der Waals surface area contributed by atoms with Crippen LogP contribution >= 0.6 is 0 Å². The van der Waals surface area contributed by atoms with Gasteiger partial charge in [-0.2, -0.15) is 18.2 Å². The van der Waals surface area contributed by atoms with Gasteiger partial charge in [0.15, 0.2) is 0 Å². The van der Waals surface area contributed by atoms with Gasteiger partial charge >= 0.3 is 6.18 Å². The Morgan fingerprint density at radius 3 is 2.39 bits per heavy atom. The van der Waals surface area contributed by atoms with Crippen LogP contribution in [-0.4, -0.2) is 23.1 Å². The maximum atomic E-state index is 12.8. The summed E-state index contributed by atoms with van der Waals surface area (Å²) >= 11 is 0. The molecular formula is C16H19F3N4. The lowest BCUT2D eigenvalue weighted by atomic mass is 10.2. The Labute approximate surface area is 133 Å². The van der Waals surface area contributed by atoms with Gasteiger partial charge in [0, 0.05) is 30.5 Å². The highest BCUT2D eigenvalue weighted by Crippen LogP contribution is 2.31. The number of hydrogen-bond donors (Lipinski definition) is 1. The van der Waals surface area contributed by atoms with Gasteiger partial charge in [0.05, 0.1) is 5.56 Å². The van der Waals surface area contributed by atoms with Crippen molar-refractivity contribution in [3.05, 3.63) is 41.6 Å². The molecule has 1 aromatic heterocycles. The van der Waals surface area contributed by atoms with Gasteiger partial charge in [-0.1, -0.05) is 6.07 Å². The van der Waals surface area contributed by atoms with E-state index in [1.54, 1.807) is 12.1 Å². The summed E-state index contributed by atoms with van der Waals surface area (Å²) in [5.74, 6) is 1.03. The van der Waals surface area contributed by atoms with Crippen molar-refractivity contribution in [2.24, 2.45) is 0 Å². The van der Waals surface area contributed by atoms with Crippen molar-refractivity contribution < 1.29 is 13.2 Å². The average Bonchev–Trinajstić information content (AvgIpc) is 2.47. The number of halogens is 3. The van der Waals surface area contributed by atoms with E-state index in [1.807, 2.05) is 25.7 Å². The Hall–Kier alpha value is -2.31. The lowest BCUT2D eigenvalue weighted by molar-refractivity contribution is -0.137. The van der Waals surface area contributed by atoms with Crippen molar-refractivity contribution in [1.29, 1.82) is 0 Å². The Kier molecular flexibility index (Phi) is 5.08. The molecule has 0 unspecified atom stereocenters. The predicted molar refractivity (Wildman–Crippen MR) is 85.1 cm³/mol. The van der Waals surface area contributed by atoms with E-state index in [1.165, 1.54) is 6.07 Å². The van der Waals surface area contributed by atoms with E-state index in [2.05, 4.69) is 15.3 Å². The Morgan fingerprint density at radius 1 is 1.09 bits per heavy atom. The van der Waals surface area contributed by atoms with E-state index < -0.39 is 11.7 Å². The molecule has 7 heteroatoms. The highest BCUT2D eigenvalue weighted by molar-refractivity contribution is 5.58. The van der Waals surface area contributed by atoms with Crippen LogP contribution in [0.25, 0.3) is 0 Å². The molecule has 0 saturated heterocycles. The van der Waals surface area contributed by atoms with Gasteiger partial charge in [0.1, 0.15) is 5.82 Å². The van der Waals surface area contributed by atoms with Gasteiger partial charge in [-0.15, -0.1) is 0 Å². The quantitative estimate of drug-likeness (QED) is 0.885. The van der Waals surface area contributed by atoms with Gasteiger partial charge in [0.2, 0.25) is 5.95 Å². The minimum Gasteiger partial charge on any atom is -0.341 e. The fraction of sp³-hybridized carbons (Fsp3) is 0.375. The van der Waals surface area contributed by atoms with Gasteiger partial charge in [-0.3, -0.25) is 0 Å². The van der Waals surface area contributed by atoms with Crippen LogP contribution in [-0.2, 0) is 6.18 Å². The summed E-state index contributed by atoms with van der Waals surface area (Å²) in [6, 6.07) is 6.74. The summed E-state index contributed by atoms with van der Waals surface area (Å²) in [7, 11) is 0. The second-order valence-electron chi connectivity index (χ2n) is 5.07. The van der Waals surface area contributed by atoms with Gasteiger partial charge in [0.25, 0.3) is 0 Å². The first-order valence-electron chi connectivity index (χ1n) is 7.38. The Balaban J connectivity index is 2.30. The van der Waals surface area contributed by atoms with Crippen molar-refractivity contribution in [3.8, 4) is 0 Å². The fourth-order valence-corrected chi connectivity index (χ4v) is 2.19. The number of hydrogen-bond acceptors (Lipinski definition) is 4. The summed E-state index contributed by atoms with van der Waals surface area (Å²) < 4.78 is 38.3. The lowest BCUT2D eigenvalue weighted by Crippen LogP contribution is -2.24. The molecule has 1 aromatic carbocycles. The number of anilines is 3. The van der Waals surface area contributed by atoms with Crippen molar-refractivity contribution >= 4 is 17.5 Å². The molecule has 2 rings (SSSR count). The summed E-state index contributed by atoms with van der Waals surface area (Å²) in [5, 5.41) is 2.92. The standard InChI is InChI=1S/C16H19F3N4/c1-4-23(5-2)15-20-11(3)9-14(22-15)21-13-8-6-7-12(10-13)16(17,18)19/h6-10H,4-5H2,1-3H3,(H,20,21,22). The van der Waals surface area contributed by atoms with Crippen LogP contribution in [0.3, 0.4) is 0 Å². The van der Waals surface area contributed by atoms with E-state index in [0.717, 1.165) is 30.9 Å². The number of aryl methyl sites for hydroxylation is 1. The van der Waals surface area contributed by atoms with Crippen molar-refractivity contribution in [1.82, 2.24) is 9.97 Å². The smallest absolute Gasteiger partial charge is 0.341 e. The molecule has 0 atom stereocenters. The van der Waals surface area contributed by atoms with Crippen LogP contribution in [0.1, 0.15) is 25.1 Å². The summed E-state index contributed by atoms with van der Waals surface area (Å²) in [6.07, 6.45) is -4.37. The molecule has 1 N–H and O–H groups in total. The number of alkyl halides is 3. The van der Waals surface area contributed by atoms with Crippen LogP contribution in [0.2, 0.25) is 0 Å². The normalized spacial score (nSPS) is 11.4. The molecule has 0 spiro atoms. The van der Waals surface area contributed by atoms with Crippen LogP contribution in [0, 0.1) is 6.92 Å². The molecule has 124 valence electrons. The molecule has 0 aliphatic carbocycles. The third-order valence-corrected chi connectivity index (χ3v) is 3.35. The molecule has 0 saturated carbocycles. The highest BCUT2D eigenvalue weighted by Gasteiger charge is 2.30. The fourth-order valence-electron chi connectivity index (χ4n) is 2.19. The molecule has 1 heterocycles. The molecule has 0 radical (unpaired) electrons. The van der Waals surface area contributed by atoms with Crippen LogP contribution < -0.4 is 10.2 Å². The Morgan fingerprint density at radius 2 is 1.78 bits per heavy atom. The topological polar surface area (TPSA) is 41.1 Å². The molecule has 0 bridgehead atoms. The number of rotatable bonds is 5. The first-order chi connectivity index (χ1) is 10.8. The number of benzene rings is 1.